The average molecular weight is 258 g/mol. The van der Waals surface area contributed by atoms with E-state index in [0.29, 0.717) is 0 Å². The zero-order chi connectivity index (χ0) is 10.7. The van der Waals surface area contributed by atoms with E-state index in [-0.39, 0.29) is 18.2 Å². The summed E-state index contributed by atoms with van der Waals surface area (Å²) in [7, 11) is -3.32. The Morgan fingerprint density at radius 3 is 2.44 bits per heavy atom. The fourth-order valence-electron chi connectivity index (χ4n) is 1.27. The van der Waals surface area contributed by atoms with Gasteiger partial charge in [-0.25, -0.2) is 17.4 Å². The van der Waals surface area contributed by atoms with Gasteiger partial charge < -0.3 is 12.4 Å². The second-order valence-corrected chi connectivity index (χ2v) is 5.01. The van der Waals surface area contributed by atoms with E-state index in [0.717, 1.165) is 9.54 Å². The highest BCUT2D eigenvalue weighted by atomic mass is 35.5. The van der Waals surface area contributed by atoms with Crippen molar-refractivity contribution in [1.82, 2.24) is 8.96 Å². The van der Waals surface area contributed by atoms with Crippen LogP contribution in [-0.4, -0.2) is 17.4 Å². The molecule has 0 bridgehead atoms. The molecular formula is C10H10ClN2O2S-. The van der Waals surface area contributed by atoms with E-state index in [1.54, 1.807) is 12.1 Å². The van der Waals surface area contributed by atoms with E-state index >= 15 is 0 Å². The second-order valence-electron chi connectivity index (χ2n) is 3.13. The third kappa shape index (κ3) is 2.84. The number of rotatable bonds is 3. The van der Waals surface area contributed by atoms with Crippen LogP contribution in [0.4, 0.5) is 0 Å². The maximum Gasteiger partial charge on any atom is 0.243 e. The van der Waals surface area contributed by atoms with Gasteiger partial charge in [0.25, 0.3) is 0 Å². The Balaban J connectivity index is 0.00000128. The van der Waals surface area contributed by atoms with Crippen LogP contribution in [0.1, 0.15) is 5.56 Å². The molecule has 0 spiro atoms. The van der Waals surface area contributed by atoms with Gasteiger partial charge in [-0.1, -0.05) is 30.3 Å². The molecule has 4 nitrogen and oxygen atoms in total. The molecule has 2 aromatic rings. The van der Waals surface area contributed by atoms with Gasteiger partial charge in [0.1, 0.15) is 6.33 Å². The van der Waals surface area contributed by atoms with Crippen molar-refractivity contribution in [2.75, 3.05) is 0 Å². The van der Waals surface area contributed by atoms with E-state index in [4.69, 9.17) is 0 Å². The van der Waals surface area contributed by atoms with Crippen molar-refractivity contribution < 1.29 is 20.8 Å². The molecule has 1 aromatic heterocycles. The maximum absolute atomic E-state index is 11.8. The second kappa shape index (κ2) is 5.14. The summed E-state index contributed by atoms with van der Waals surface area (Å²) >= 11 is 0. The van der Waals surface area contributed by atoms with Crippen molar-refractivity contribution in [2.45, 2.75) is 5.75 Å². The summed E-state index contributed by atoms with van der Waals surface area (Å²) in [5.74, 6) is -0.00972. The van der Waals surface area contributed by atoms with Crippen LogP contribution in [0.2, 0.25) is 0 Å². The number of aromatic nitrogens is 2. The van der Waals surface area contributed by atoms with Gasteiger partial charge in [0.15, 0.2) is 0 Å². The summed E-state index contributed by atoms with van der Waals surface area (Å²) in [6, 6.07) is 9.06. The summed E-state index contributed by atoms with van der Waals surface area (Å²) in [5, 5.41) is 0. The summed E-state index contributed by atoms with van der Waals surface area (Å²) in [5.41, 5.74) is 0.770. The summed E-state index contributed by atoms with van der Waals surface area (Å²) in [6.07, 6.45) is 4.17. The smallest absolute Gasteiger partial charge is 0.243 e. The molecule has 0 unspecified atom stereocenters. The highest BCUT2D eigenvalue weighted by molar-refractivity contribution is 7.89. The van der Waals surface area contributed by atoms with Crippen molar-refractivity contribution in [1.29, 1.82) is 0 Å². The standard InChI is InChI=1S/C10H10N2O2S.ClH/c13-15(14,12-7-6-11-9-12)8-10-4-2-1-3-5-10;/h1-7,9H,8H2;1H/p-1. The molecular weight excluding hydrogens is 248 g/mol. The van der Waals surface area contributed by atoms with Crippen molar-refractivity contribution in [3.63, 3.8) is 0 Å². The first-order valence-corrected chi connectivity index (χ1v) is 6.04. The predicted molar refractivity (Wildman–Crippen MR) is 56.7 cm³/mol. The lowest BCUT2D eigenvalue weighted by Crippen LogP contribution is -3.00. The molecule has 1 heterocycles. The van der Waals surface area contributed by atoms with Crippen molar-refractivity contribution in [3.8, 4) is 0 Å². The summed E-state index contributed by atoms with van der Waals surface area (Å²) < 4.78 is 24.7. The van der Waals surface area contributed by atoms with Gasteiger partial charge in [0.2, 0.25) is 10.0 Å². The van der Waals surface area contributed by atoms with E-state index in [9.17, 15) is 8.42 Å². The molecule has 1 aromatic carbocycles. The maximum atomic E-state index is 11.8. The minimum absolute atomic E-state index is 0. The number of nitrogens with zero attached hydrogens (tertiary/aromatic N) is 2. The molecule has 0 saturated heterocycles. The van der Waals surface area contributed by atoms with Gasteiger partial charge in [0, 0.05) is 12.4 Å². The first-order valence-electron chi connectivity index (χ1n) is 4.43. The third-order valence-corrected chi connectivity index (χ3v) is 3.55. The van der Waals surface area contributed by atoms with Crippen LogP contribution >= 0.6 is 0 Å². The van der Waals surface area contributed by atoms with Crippen molar-refractivity contribution in [2.24, 2.45) is 0 Å². The minimum atomic E-state index is -3.32. The molecule has 0 amide bonds. The number of halogens is 1. The van der Waals surface area contributed by atoms with Gasteiger partial charge in [-0.05, 0) is 5.56 Å². The molecule has 0 saturated carbocycles. The predicted octanol–water partition coefficient (Wildman–Crippen LogP) is -1.73. The van der Waals surface area contributed by atoms with E-state index in [2.05, 4.69) is 4.98 Å². The zero-order valence-corrected chi connectivity index (χ0v) is 9.90. The molecule has 6 heteroatoms. The van der Waals surface area contributed by atoms with Gasteiger partial charge in [-0.15, -0.1) is 0 Å². The van der Waals surface area contributed by atoms with Crippen molar-refractivity contribution in [3.05, 3.63) is 54.6 Å². The highest BCUT2D eigenvalue weighted by Gasteiger charge is 2.12. The van der Waals surface area contributed by atoms with Crippen LogP contribution in [0.5, 0.6) is 0 Å². The molecule has 16 heavy (non-hydrogen) atoms. The molecule has 0 aliphatic rings. The SMILES string of the molecule is O=S(=O)(Cc1ccccc1)n1ccnc1.[Cl-]. The number of imidazole rings is 1. The topological polar surface area (TPSA) is 52.0 Å². The number of hydrogen-bond acceptors (Lipinski definition) is 3. The summed E-state index contributed by atoms with van der Waals surface area (Å²) in [6.45, 7) is 0. The molecule has 86 valence electrons. The quantitative estimate of drug-likeness (QED) is 0.656. The lowest BCUT2D eigenvalue weighted by molar-refractivity contribution is -0.00000567. The molecule has 2 rings (SSSR count). The van der Waals surface area contributed by atoms with Crippen LogP contribution in [0, 0.1) is 0 Å². The minimum Gasteiger partial charge on any atom is -1.00 e. The Bertz CT molecular complexity index is 523. The molecule has 0 radical (unpaired) electrons. The Morgan fingerprint density at radius 2 is 1.88 bits per heavy atom. The highest BCUT2D eigenvalue weighted by Crippen LogP contribution is 2.07. The summed E-state index contributed by atoms with van der Waals surface area (Å²) in [4.78, 5) is 3.71. The number of benzene rings is 1. The van der Waals surface area contributed by atoms with Gasteiger partial charge >= 0.3 is 0 Å². The third-order valence-electron chi connectivity index (χ3n) is 1.99. The molecule has 0 N–H and O–H groups in total. The largest absolute Gasteiger partial charge is 1.00 e. The fourth-order valence-corrected chi connectivity index (χ4v) is 2.47. The molecule has 0 aliphatic carbocycles. The normalized spacial score (nSPS) is 10.8. The molecule has 0 fully saturated rings. The lowest BCUT2D eigenvalue weighted by Gasteiger charge is -2.04. The van der Waals surface area contributed by atoms with Crippen molar-refractivity contribution >= 4 is 10.0 Å². The van der Waals surface area contributed by atoms with Gasteiger partial charge in [0.05, 0.1) is 5.75 Å². The Kier molecular flexibility index (Phi) is 4.09. The Morgan fingerprint density at radius 1 is 1.19 bits per heavy atom. The Labute approximate surface area is 100 Å². The van der Waals surface area contributed by atoms with Crippen LogP contribution in [0.25, 0.3) is 0 Å². The molecule has 0 atom stereocenters. The van der Waals surface area contributed by atoms with Gasteiger partial charge in [-0.2, -0.15) is 0 Å². The Hall–Kier alpha value is -1.33. The first kappa shape index (κ1) is 12.7. The van der Waals surface area contributed by atoms with E-state index in [1.165, 1.54) is 18.7 Å². The van der Waals surface area contributed by atoms with E-state index in [1.807, 2.05) is 18.2 Å². The van der Waals surface area contributed by atoms with E-state index < -0.39 is 10.0 Å². The number of hydrogen-bond donors (Lipinski definition) is 0. The van der Waals surface area contributed by atoms with Crippen LogP contribution in [0.3, 0.4) is 0 Å². The van der Waals surface area contributed by atoms with Crippen LogP contribution in [0.15, 0.2) is 49.1 Å². The van der Waals surface area contributed by atoms with Crippen LogP contribution in [-0.2, 0) is 15.8 Å². The monoisotopic (exact) mass is 257 g/mol. The lowest BCUT2D eigenvalue weighted by atomic mass is 10.2. The molecule has 0 aliphatic heterocycles. The first-order chi connectivity index (χ1) is 7.18. The average Bonchev–Trinajstić information content (AvgIpc) is 2.71. The van der Waals surface area contributed by atoms with Gasteiger partial charge in [-0.3, -0.25) is 0 Å². The zero-order valence-electron chi connectivity index (χ0n) is 8.32. The van der Waals surface area contributed by atoms with Crippen LogP contribution < -0.4 is 12.4 Å². The fraction of sp³-hybridized carbons (Fsp3) is 0.100.